The number of anilines is 1. The molecule has 164 valence electrons. The van der Waals surface area contributed by atoms with Gasteiger partial charge in [0.15, 0.2) is 0 Å². The second-order valence-electron chi connectivity index (χ2n) is 8.99. The van der Waals surface area contributed by atoms with E-state index in [4.69, 9.17) is 0 Å². The highest BCUT2D eigenvalue weighted by Crippen LogP contribution is 2.32. The molecule has 3 aromatic carbocycles. The topological polar surface area (TPSA) is 61.4 Å². The first-order valence-corrected chi connectivity index (χ1v) is 11.6. The lowest BCUT2D eigenvalue weighted by atomic mass is 10.0. The summed E-state index contributed by atoms with van der Waals surface area (Å²) in [4.78, 5) is 27.9. The highest BCUT2D eigenvalue weighted by atomic mass is 16.2. The number of fused-ring (bicyclic) bond motifs is 1. The summed E-state index contributed by atoms with van der Waals surface area (Å²) < 4.78 is 0. The van der Waals surface area contributed by atoms with Crippen molar-refractivity contribution in [3.05, 3.63) is 77.4 Å². The largest absolute Gasteiger partial charge is 0.348 e. The molecule has 0 spiro atoms. The van der Waals surface area contributed by atoms with Crippen LogP contribution in [0.15, 0.2) is 60.7 Å². The molecule has 5 rings (SSSR count). The van der Waals surface area contributed by atoms with Gasteiger partial charge in [0.25, 0.3) is 5.91 Å². The molecule has 1 aliphatic heterocycles. The van der Waals surface area contributed by atoms with E-state index in [-0.39, 0.29) is 17.7 Å². The van der Waals surface area contributed by atoms with E-state index in [1.807, 2.05) is 36.4 Å². The molecule has 2 amide bonds. The summed E-state index contributed by atoms with van der Waals surface area (Å²) in [7, 11) is 0. The Labute approximate surface area is 188 Å². The van der Waals surface area contributed by atoms with Crippen LogP contribution in [0.25, 0.3) is 10.8 Å². The number of likely N-dealkylation sites (tertiary alicyclic amines) is 1. The van der Waals surface area contributed by atoms with E-state index < -0.39 is 0 Å². The first kappa shape index (κ1) is 20.7. The van der Waals surface area contributed by atoms with Gasteiger partial charge >= 0.3 is 0 Å². The van der Waals surface area contributed by atoms with E-state index in [0.717, 1.165) is 35.7 Å². The number of rotatable bonds is 7. The lowest BCUT2D eigenvalue weighted by Gasteiger charge is -2.15. The molecule has 1 saturated heterocycles. The van der Waals surface area contributed by atoms with Crippen molar-refractivity contribution >= 4 is 28.3 Å². The second kappa shape index (κ2) is 9.13. The van der Waals surface area contributed by atoms with Gasteiger partial charge in [-0.15, -0.1) is 0 Å². The fourth-order valence-corrected chi connectivity index (χ4v) is 4.35. The van der Waals surface area contributed by atoms with Crippen molar-refractivity contribution in [3.63, 3.8) is 0 Å². The Bertz CT molecular complexity index is 1130. The van der Waals surface area contributed by atoms with Crippen LogP contribution in [-0.2, 0) is 17.9 Å². The molecular formula is C27H29N3O2. The van der Waals surface area contributed by atoms with Crippen LogP contribution >= 0.6 is 0 Å². The zero-order valence-corrected chi connectivity index (χ0v) is 18.3. The van der Waals surface area contributed by atoms with E-state index >= 15 is 0 Å². The molecule has 0 unspecified atom stereocenters. The molecule has 1 saturated carbocycles. The Morgan fingerprint density at radius 1 is 0.875 bits per heavy atom. The highest BCUT2D eigenvalue weighted by molar-refractivity contribution is 6.08. The first-order valence-electron chi connectivity index (χ1n) is 11.6. The van der Waals surface area contributed by atoms with Gasteiger partial charge in [0, 0.05) is 19.0 Å². The van der Waals surface area contributed by atoms with E-state index in [1.54, 1.807) is 0 Å². The average Bonchev–Trinajstić information content (AvgIpc) is 3.55. The van der Waals surface area contributed by atoms with Crippen LogP contribution in [0.1, 0.15) is 47.2 Å². The van der Waals surface area contributed by atoms with Crippen molar-refractivity contribution in [1.82, 2.24) is 10.2 Å². The average molecular weight is 428 g/mol. The van der Waals surface area contributed by atoms with Gasteiger partial charge in [-0.2, -0.15) is 0 Å². The molecule has 0 atom stereocenters. The standard InChI is InChI=1S/C27H29N3O2/c31-26(21-11-12-21)29-25-16-23-6-2-1-5-22(23)15-24(25)27(32)28-17-19-7-9-20(10-8-19)18-30-13-3-4-14-30/h1-2,5-10,15-16,21H,3-4,11-14,17-18H2,(H,28,32)(H,29,31). The monoisotopic (exact) mass is 427 g/mol. The van der Waals surface area contributed by atoms with E-state index in [1.165, 1.54) is 31.5 Å². The molecule has 2 aliphatic rings. The fourth-order valence-electron chi connectivity index (χ4n) is 4.35. The Balaban J connectivity index is 1.28. The van der Waals surface area contributed by atoms with Crippen molar-refractivity contribution in [2.24, 2.45) is 5.92 Å². The van der Waals surface area contributed by atoms with Gasteiger partial charge in [-0.1, -0.05) is 48.5 Å². The van der Waals surface area contributed by atoms with Gasteiger partial charge < -0.3 is 10.6 Å². The highest BCUT2D eigenvalue weighted by Gasteiger charge is 2.30. The maximum atomic E-state index is 13.1. The third-order valence-corrected chi connectivity index (χ3v) is 6.42. The summed E-state index contributed by atoms with van der Waals surface area (Å²) in [5.41, 5.74) is 3.46. The van der Waals surface area contributed by atoms with E-state index in [2.05, 4.69) is 39.8 Å². The molecule has 2 N–H and O–H groups in total. The molecule has 5 heteroatoms. The van der Waals surface area contributed by atoms with Gasteiger partial charge in [0.05, 0.1) is 11.3 Å². The molecule has 2 fully saturated rings. The predicted molar refractivity (Wildman–Crippen MR) is 127 cm³/mol. The number of nitrogens with one attached hydrogen (secondary N) is 2. The molecule has 3 aromatic rings. The molecule has 0 aromatic heterocycles. The van der Waals surface area contributed by atoms with Gasteiger partial charge in [-0.05, 0) is 72.8 Å². The second-order valence-corrected chi connectivity index (χ2v) is 8.99. The van der Waals surface area contributed by atoms with Crippen molar-refractivity contribution in [2.45, 2.75) is 38.8 Å². The van der Waals surface area contributed by atoms with Crippen LogP contribution in [0, 0.1) is 5.92 Å². The normalized spacial score (nSPS) is 16.2. The van der Waals surface area contributed by atoms with Crippen molar-refractivity contribution in [3.8, 4) is 0 Å². The minimum Gasteiger partial charge on any atom is -0.348 e. The van der Waals surface area contributed by atoms with E-state index in [0.29, 0.717) is 17.8 Å². The smallest absolute Gasteiger partial charge is 0.253 e. The third-order valence-electron chi connectivity index (χ3n) is 6.42. The SMILES string of the molecule is O=C(NCc1ccc(CN2CCCC2)cc1)c1cc2ccccc2cc1NC(=O)C1CC1. The zero-order valence-electron chi connectivity index (χ0n) is 18.3. The Hall–Kier alpha value is -3.18. The van der Waals surface area contributed by atoms with Crippen molar-refractivity contribution in [1.29, 1.82) is 0 Å². The number of hydrogen-bond acceptors (Lipinski definition) is 3. The number of hydrogen-bond donors (Lipinski definition) is 2. The molecule has 1 heterocycles. The van der Waals surface area contributed by atoms with Crippen LogP contribution in [0.4, 0.5) is 5.69 Å². The zero-order chi connectivity index (χ0) is 21.9. The van der Waals surface area contributed by atoms with Gasteiger partial charge in [0.2, 0.25) is 5.91 Å². The number of amides is 2. The van der Waals surface area contributed by atoms with Crippen LogP contribution in [0.5, 0.6) is 0 Å². The number of nitrogens with zero attached hydrogens (tertiary/aromatic N) is 1. The summed E-state index contributed by atoms with van der Waals surface area (Å²) in [5, 5.41) is 7.99. The van der Waals surface area contributed by atoms with Crippen LogP contribution < -0.4 is 10.6 Å². The number of carbonyl (C=O) groups excluding carboxylic acids is 2. The summed E-state index contributed by atoms with van der Waals surface area (Å²) in [5.74, 6) is -0.0950. The predicted octanol–water partition coefficient (Wildman–Crippen LogP) is 4.71. The lowest BCUT2D eigenvalue weighted by Crippen LogP contribution is -2.25. The maximum Gasteiger partial charge on any atom is 0.253 e. The molecule has 0 radical (unpaired) electrons. The minimum atomic E-state index is -0.178. The lowest BCUT2D eigenvalue weighted by molar-refractivity contribution is -0.117. The Morgan fingerprint density at radius 3 is 2.22 bits per heavy atom. The van der Waals surface area contributed by atoms with Gasteiger partial charge in [-0.3, -0.25) is 14.5 Å². The van der Waals surface area contributed by atoms with Crippen molar-refractivity contribution < 1.29 is 9.59 Å². The van der Waals surface area contributed by atoms with Crippen LogP contribution in [-0.4, -0.2) is 29.8 Å². The van der Waals surface area contributed by atoms with E-state index in [9.17, 15) is 9.59 Å². The first-order chi connectivity index (χ1) is 15.7. The van der Waals surface area contributed by atoms with Crippen LogP contribution in [0.3, 0.4) is 0 Å². The third kappa shape index (κ3) is 4.83. The molecule has 0 bridgehead atoms. The summed E-state index contributed by atoms with van der Waals surface area (Å²) in [6.07, 6.45) is 4.44. The molecule has 5 nitrogen and oxygen atoms in total. The Kier molecular flexibility index (Phi) is 5.91. The quantitative estimate of drug-likeness (QED) is 0.574. The number of carbonyl (C=O) groups is 2. The van der Waals surface area contributed by atoms with Gasteiger partial charge in [0.1, 0.15) is 0 Å². The maximum absolute atomic E-state index is 13.1. The Morgan fingerprint density at radius 2 is 1.53 bits per heavy atom. The summed E-state index contributed by atoms with van der Waals surface area (Å²) in [6, 6.07) is 20.1. The van der Waals surface area contributed by atoms with Crippen molar-refractivity contribution in [2.75, 3.05) is 18.4 Å². The summed E-state index contributed by atoms with van der Waals surface area (Å²) >= 11 is 0. The molecule has 32 heavy (non-hydrogen) atoms. The summed E-state index contributed by atoms with van der Waals surface area (Å²) in [6.45, 7) is 3.81. The fraction of sp³-hybridized carbons (Fsp3) is 0.333. The molecular weight excluding hydrogens is 398 g/mol. The number of benzene rings is 3. The molecule has 1 aliphatic carbocycles. The van der Waals surface area contributed by atoms with Crippen LogP contribution in [0.2, 0.25) is 0 Å². The minimum absolute atomic E-state index is 0.00271. The van der Waals surface area contributed by atoms with Gasteiger partial charge in [-0.25, -0.2) is 0 Å².